The predicted octanol–water partition coefficient (Wildman–Crippen LogP) is 3.35. The number of cyclic esters (lactones) is 1. The summed E-state index contributed by atoms with van der Waals surface area (Å²) in [5, 5.41) is 0. The molecule has 146 valence electrons. The van der Waals surface area contributed by atoms with Crippen molar-refractivity contribution >= 4 is 11.9 Å². The van der Waals surface area contributed by atoms with Gasteiger partial charge in [0.15, 0.2) is 0 Å². The molecule has 0 atom stereocenters. The highest BCUT2D eigenvalue weighted by Crippen LogP contribution is 2.40. The Hall–Kier alpha value is -2.04. The zero-order valence-electron chi connectivity index (χ0n) is 16.0. The first-order valence-electron chi connectivity index (χ1n) is 10.3. The number of fused-ring (bicyclic) bond motifs is 1. The molecule has 1 saturated carbocycles. The molecule has 1 aromatic carbocycles. The molecule has 2 fully saturated rings. The molecule has 1 saturated heterocycles. The number of rotatable bonds is 1. The van der Waals surface area contributed by atoms with Crippen LogP contribution in [0.1, 0.15) is 50.5 Å². The molecule has 3 aliphatic rings. The van der Waals surface area contributed by atoms with Crippen molar-refractivity contribution in [2.45, 2.75) is 51.4 Å². The van der Waals surface area contributed by atoms with Gasteiger partial charge in [-0.25, -0.2) is 0 Å². The van der Waals surface area contributed by atoms with Gasteiger partial charge in [0.05, 0.1) is 5.41 Å². The molecule has 0 aromatic heterocycles. The largest absolute Gasteiger partial charge is 0.490 e. The number of hydrogen-bond donors (Lipinski definition) is 0. The summed E-state index contributed by atoms with van der Waals surface area (Å²) in [7, 11) is 0. The van der Waals surface area contributed by atoms with Crippen molar-refractivity contribution in [1.82, 2.24) is 4.90 Å². The Labute approximate surface area is 161 Å². The summed E-state index contributed by atoms with van der Waals surface area (Å²) in [5.41, 5.74) is 0.794. The van der Waals surface area contributed by atoms with E-state index in [0.29, 0.717) is 19.7 Å². The molecule has 2 aliphatic heterocycles. The number of hydrogen-bond acceptors (Lipinski definition) is 4. The molecule has 1 aliphatic carbocycles. The number of carbonyl (C=O) groups is 2. The number of benzene rings is 1. The molecule has 1 spiro atoms. The van der Waals surface area contributed by atoms with Crippen LogP contribution in [0.25, 0.3) is 0 Å². The highest BCUT2D eigenvalue weighted by Gasteiger charge is 2.44. The average molecular weight is 371 g/mol. The fraction of sp³-hybridized carbons (Fsp3) is 0.636. The van der Waals surface area contributed by atoms with Crippen LogP contribution in [0.3, 0.4) is 0 Å². The molecule has 0 bridgehead atoms. The van der Waals surface area contributed by atoms with Gasteiger partial charge in [-0.05, 0) is 56.6 Å². The van der Waals surface area contributed by atoms with E-state index < -0.39 is 5.41 Å². The number of esters is 1. The van der Waals surface area contributed by atoms with Crippen LogP contribution in [0.2, 0.25) is 0 Å². The van der Waals surface area contributed by atoms with E-state index in [1.54, 1.807) is 0 Å². The second kappa shape index (κ2) is 7.91. The van der Waals surface area contributed by atoms with Gasteiger partial charge in [0.1, 0.15) is 19.0 Å². The topological polar surface area (TPSA) is 55.8 Å². The zero-order valence-corrected chi connectivity index (χ0v) is 16.0. The van der Waals surface area contributed by atoms with Crippen LogP contribution < -0.4 is 4.74 Å². The van der Waals surface area contributed by atoms with Crippen LogP contribution in [0.4, 0.5) is 0 Å². The smallest absolute Gasteiger partial charge is 0.312 e. The van der Waals surface area contributed by atoms with Gasteiger partial charge in [0.25, 0.3) is 0 Å². The molecule has 5 nitrogen and oxygen atoms in total. The monoisotopic (exact) mass is 371 g/mol. The van der Waals surface area contributed by atoms with E-state index in [1.165, 1.54) is 5.56 Å². The Morgan fingerprint density at radius 1 is 1.00 bits per heavy atom. The maximum Gasteiger partial charge on any atom is 0.312 e. The zero-order chi connectivity index (χ0) is 18.7. The van der Waals surface area contributed by atoms with Crippen LogP contribution in [0, 0.1) is 11.3 Å². The van der Waals surface area contributed by atoms with E-state index in [2.05, 4.69) is 6.07 Å². The lowest BCUT2D eigenvalue weighted by atomic mass is 9.74. The third-order valence-corrected chi connectivity index (χ3v) is 6.29. The van der Waals surface area contributed by atoms with Crippen molar-refractivity contribution in [2.75, 3.05) is 26.3 Å². The number of likely N-dealkylation sites (tertiary alicyclic amines) is 1. The lowest BCUT2D eigenvalue weighted by molar-refractivity contribution is -0.162. The van der Waals surface area contributed by atoms with E-state index in [1.807, 2.05) is 23.1 Å². The van der Waals surface area contributed by atoms with Crippen molar-refractivity contribution in [2.24, 2.45) is 11.3 Å². The molecule has 2 heterocycles. The van der Waals surface area contributed by atoms with Gasteiger partial charge >= 0.3 is 5.97 Å². The summed E-state index contributed by atoms with van der Waals surface area (Å²) in [6, 6.07) is 8.12. The Morgan fingerprint density at radius 3 is 2.52 bits per heavy atom. The lowest BCUT2D eigenvalue weighted by Crippen LogP contribution is -2.47. The second-order valence-corrected chi connectivity index (χ2v) is 8.18. The Balaban J connectivity index is 1.41. The Bertz CT molecular complexity index is 689. The number of carbonyl (C=O) groups excluding carboxylic acids is 2. The maximum atomic E-state index is 12.9. The number of amides is 1. The van der Waals surface area contributed by atoms with Gasteiger partial charge < -0.3 is 14.4 Å². The first-order valence-corrected chi connectivity index (χ1v) is 10.3. The molecule has 27 heavy (non-hydrogen) atoms. The number of para-hydroxylation sites is 1. The Kier molecular flexibility index (Phi) is 5.37. The van der Waals surface area contributed by atoms with Crippen LogP contribution in [-0.4, -0.2) is 43.1 Å². The minimum absolute atomic E-state index is 0.0986. The van der Waals surface area contributed by atoms with Crippen molar-refractivity contribution in [1.29, 1.82) is 0 Å². The van der Waals surface area contributed by atoms with Crippen molar-refractivity contribution in [3.8, 4) is 5.75 Å². The van der Waals surface area contributed by atoms with Crippen LogP contribution in [0.5, 0.6) is 5.75 Å². The number of nitrogens with zero attached hydrogens (tertiary/aromatic N) is 1. The van der Waals surface area contributed by atoms with E-state index in [0.717, 1.165) is 57.1 Å². The molecular weight excluding hydrogens is 342 g/mol. The van der Waals surface area contributed by atoms with Crippen LogP contribution in [-0.2, 0) is 20.7 Å². The minimum Gasteiger partial charge on any atom is -0.490 e. The molecule has 0 N–H and O–H groups in total. The minimum atomic E-state index is -0.432. The van der Waals surface area contributed by atoms with E-state index >= 15 is 0 Å². The highest BCUT2D eigenvalue weighted by atomic mass is 16.6. The van der Waals surface area contributed by atoms with Gasteiger partial charge in [0.2, 0.25) is 5.91 Å². The number of ether oxygens (including phenoxy) is 2. The van der Waals surface area contributed by atoms with E-state index in [4.69, 9.17) is 9.47 Å². The normalized spacial score (nSPS) is 23.4. The summed E-state index contributed by atoms with van der Waals surface area (Å²) in [5.74, 6) is 1.34. The van der Waals surface area contributed by atoms with Gasteiger partial charge in [-0.15, -0.1) is 0 Å². The van der Waals surface area contributed by atoms with Crippen LogP contribution in [0.15, 0.2) is 24.3 Å². The van der Waals surface area contributed by atoms with Gasteiger partial charge in [-0.2, -0.15) is 0 Å². The van der Waals surface area contributed by atoms with Crippen molar-refractivity contribution in [3.63, 3.8) is 0 Å². The number of piperidine rings is 1. The molecule has 4 rings (SSSR count). The third-order valence-electron chi connectivity index (χ3n) is 6.29. The van der Waals surface area contributed by atoms with E-state index in [9.17, 15) is 9.59 Å². The Morgan fingerprint density at radius 2 is 1.74 bits per heavy atom. The summed E-state index contributed by atoms with van der Waals surface area (Å²) in [6.07, 6.45) is 7.34. The molecular formula is C22H29NO4. The fourth-order valence-corrected chi connectivity index (χ4v) is 4.37. The van der Waals surface area contributed by atoms with Gasteiger partial charge in [0, 0.05) is 19.0 Å². The summed E-state index contributed by atoms with van der Waals surface area (Å²) in [4.78, 5) is 27.2. The van der Waals surface area contributed by atoms with E-state index in [-0.39, 0.29) is 24.4 Å². The molecule has 5 heteroatoms. The maximum absolute atomic E-state index is 12.9. The molecule has 0 unspecified atom stereocenters. The number of aryl methyl sites for hydroxylation is 1. The van der Waals surface area contributed by atoms with Crippen molar-refractivity contribution < 1.29 is 19.1 Å². The van der Waals surface area contributed by atoms with Gasteiger partial charge in [-0.1, -0.05) is 24.6 Å². The highest BCUT2D eigenvalue weighted by molar-refractivity contribution is 5.82. The average Bonchev–Trinajstić information content (AvgIpc) is 3.53. The SMILES string of the molecule is O=C(C1CC1)N1CCC2(CCCCc3ccccc3OCCOC2=O)CC1. The predicted molar refractivity (Wildman–Crippen MR) is 101 cm³/mol. The molecule has 0 radical (unpaired) electrons. The fourth-order valence-electron chi connectivity index (χ4n) is 4.37. The summed E-state index contributed by atoms with van der Waals surface area (Å²) >= 11 is 0. The first kappa shape index (κ1) is 18.3. The summed E-state index contributed by atoms with van der Waals surface area (Å²) in [6.45, 7) is 2.03. The first-order chi connectivity index (χ1) is 13.2. The summed E-state index contributed by atoms with van der Waals surface area (Å²) < 4.78 is 11.4. The second-order valence-electron chi connectivity index (χ2n) is 8.18. The quantitative estimate of drug-likeness (QED) is 0.711. The standard InChI is InChI=1S/C22H29NO4/c24-20(18-8-9-18)23-13-11-22(12-14-23)10-4-3-6-17-5-1-2-7-19(17)26-15-16-27-21(22)25/h1-2,5,7,18H,3-4,6,8-16H2. The van der Waals surface area contributed by atoms with Crippen LogP contribution >= 0.6 is 0 Å². The lowest BCUT2D eigenvalue weighted by Gasteiger charge is -2.40. The van der Waals surface area contributed by atoms with Crippen molar-refractivity contribution in [3.05, 3.63) is 29.8 Å². The molecule has 1 aromatic rings. The molecule has 1 amide bonds. The third kappa shape index (κ3) is 4.12. The van der Waals surface area contributed by atoms with Gasteiger partial charge in [-0.3, -0.25) is 9.59 Å².